The van der Waals surface area contributed by atoms with Gasteiger partial charge in [-0.15, -0.1) is 0 Å². The molecule has 1 aromatic rings. The third kappa shape index (κ3) is 3.54. The second-order valence-electron chi connectivity index (χ2n) is 4.63. The van der Waals surface area contributed by atoms with Gasteiger partial charge in [-0.25, -0.2) is 13.1 Å². The summed E-state index contributed by atoms with van der Waals surface area (Å²) >= 11 is 0. The minimum atomic E-state index is -3.47. The van der Waals surface area contributed by atoms with Gasteiger partial charge in [0.05, 0.1) is 11.0 Å². The van der Waals surface area contributed by atoms with Crippen LogP contribution in [0.25, 0.3) is 0 Å². The van der Waals surface area contributed by atoms with Crippen LogP contribution in [-0.2, 0) is 14.8 Å². The monoisotopic (exact) mass is 271 g/mol. The zero-order valence-electron chi connectivity index (χ0n) is 11.6. The Kier molecular flexibility index (Phi) is 4.90. The molecule has 0 bridgehead atoms. The molecule has 4 nitrogen and oxygen atoms in total. The van der Waals surface area contributed by atoms with E-state index < -0.39 is 10.0 Å². The van der Waals surface area contributed by atoms with Crippen molar-refractivity contribution in [2.24, 2.45) is 0 Å². The van der Waals surface area contributed by atoms with Gasteiger partial charge in [0, 0.05) is 13.7 Å². The van der Waals surface area contributed by atoms with E-state index in [2.05, 4.69) is 4.72 Å². The molecule has 1 unspecified atom stereocenters. The van der Waals surface area contributed by atoms with Crippen LogP contribution >= 0.6 is 0 Å². The molecule has 1 aromatic carbocycles. The fourth-order valence-electron chi connectivity index (χ4n) is 1.97. The summed E-state index contributed by atoms with van der Waals surface area (Å²) in [5.74, 6) is 0. The van der Waals surface area contributed by atoms with Crippen LogP contribution in [-0.4, -0.2) is 28.2 Å². The van der Waals surface area contributed by atoms with E-state index in [-0.39, 0.29) is 12.6 Å². The Hall–Kier alpha value is -0.910. The average Bonchev–Trinajstić information content (AvgIpc) is 2.24. The Morgan fingerprint density at radius 2 is 1.72 bits per heavy atom. The normalized spacial score (nSPS) is 13.6. The number of aryl methyl sites for hydroxylation is 3. The molecule has 0 radical (unpaired) electrons. The molecule has 102 valence electrons. The maximum atomic E-state index is 12.2. The van der Waals surface area contributed by atoms with Gasteiger partial charge in [-0.2, -0.15) is 0 Å². The van der Waals surface area contributed by atoms with Gasteiger partial charge < -0.3 is 4.74 Å². The number of hydrogen-bond donors (Lipinski definition) is 1. The molecule has 5 heteroatoms. The summed E-state index contributed by atoms with van der Waals surface area (Å²) in [5.41, 5.74) is 2.60. The van der Waals surface area contributed by atoms with Crippen molar-refractivity contribution in [3.63, 3.8) is 0 Å². The largest absolute Gasteiger partial charge is 0.380 e. The standard InChI is InChI=1S/C13H21NO3S/c1-9-6-10(2)13(11(3)7-9)18(15,16)14-8-12(4)17-5/h6-7,12,14H,8H2,1-5H3. The molecule has 0 spiro atoms. The quantitative estimate of drug-likeness (QED) is 0.890. The van der Waals surface area contributed by atoms with E-state index in [1.807, 2.05) is 39.8 Å². The van der Waals surface area contributed by atoms with Gasteiger partial charge in [-0.3, -0.25) is 0 Å². The highest BCUT2D eigenvalue weighted by Gasteiger charge is 2.20. The van der Waals surface area contributed by atoms with E-state index >= 15 is 0 Å². The van der Waals surface area contributed by atoms with Crippen molar-refractivity contribution in [2.45, 2.75) is 38.7 Å². The topological polar surface area (TPSA) is 55.4 Å². The zero-order chi connectivity index (χ0) is 13.9. The Morgan fingerprint density at radius 3 is 2.17 bits per heavy atom. The highest BCUT2D eigenvalue weighted by Crippen LogP contribution is 2.21. The zero-order valence-corrected chi connectivity index (χ0v) is 12.4. The van der Waals surface area contributed by atoms with Crippen LogP contribution in [0.15, 0.2) is 17.0 Å². The fourth-order valence-corrected chi connectivity index (χ4v) is 3.54. The molecule has 1 N–H and O–H groups in total. The number of methoxy groups -OCH3 is 1. The molecule has 18 heavy (non-hydrogen) atoms. The molecule has 1 rings (SSSR count). The summed E-state index contributed by atoms with van der Waals surface area (Å²) in [6.45, 7) is 7.67. The van der Waals surface area contributed by atoms with Gasteiger partial charge in [0.15, 0.2) is 0 Å². The number of benzene rings is 1. The van der Waals surface area contributed by atoms with Gasteiger partial charge in [0.25, 0.3) is 0 Å². The Bertz CT molecular complexity index is 500. The van der Waals surface area contributed by atoms with Crippen LogP contribution in [0, 0.1) is 20.8 Å². The predicted molar refractivity (Wildman–Crippen MR) is 72.3 cm³/mol. The van der Waals surface area contributed by atoms with E-state index in [0.717, 1.165) is 16.7 Å². The third-order valence-electron chi connectivity index (χ3n) is 2.84. The van der Waals surface area contributed by atoms with E-state index in [1.54, 1.807) is 7.11 Å². The smallest absolute Gasteiger partial charge is 0.241 e. The lowest BCUT2D eigenvalue weighted by atomic mass is 10.1. The highest BCUT2D eigenvalue weighted by molar-refractivity contribution is 7.89. The van der Waals surface area contributed by atoms with Crippen molar-refractivity contribution in [3.05, 3.63) is 28.8 Å². The number of sulfonamides is 1. The molecule has 0 amide bonds. The molecule has 0 aromatic heterocycles. The molecule has 0 aliphatic carbocycles. The molecule has 0 aliphatic heterocycles. The van der Waals surface area contributed by atoms with Crippen molar-refractivity contribution in [1.82, 2.24) is 4.72 Å². The van der Waals surface area contributed by atoms with Gasteiger partial charge >= 0.3 is 0 Å². The third-order valence-corrected chi connectivity index (χ3v) is 4.56. The van der Waals surface area contributed by atoms with Crippen molar-refractivity contribution in [1.29, 1.82) is 0 Å². The number of rotatable bonds is 5. The van der Waals surface area contributed by atoms with Gasteiger partial charge in [-0.05, 0) is 38.8 Å². The summed E-state index contributed by atoms with van der Waals surface area (Å²) in [6.07, 6.45) is -0.147. The molecular formula is C13H21NO3S. The van der Waals surface area contributed by atoms with Crippen molar-refractivity contribution < 1.29 is 13.2 Å². The van der Waals surface area contributed by atoms with Gasteiger partial charge in [0.1, 0.15) is 0 Å². The lowest BCUT2D eigenvalue weighted by Gasteiger charge is -2.15. The molecule has 0 saturated heterocycles. The molecule has 0 fully saturated rings. The first kappa shape index (κ1) is 15.1. The molecule has 0 aliphatic rings. The highest BCUT2D eigenvalue weighted by atomic mass is 32.2. The lowest BCUT2D eigenvalue weighted by molar-refractivity contribution is 0.122. The van der Waals surface area contributed by atoms with E-state index in [4.69, 9.17) is 4.74 Å². The minimum Gasteiger partial charge on any atom is -0.380 e. The fraction of sp³-hybridized carbons (Fsp3) is 0.538. The number of nitrogens with one attached hydrogen (secondary N) is 1. The van der Waals surface area contributed by atoms with Crippen molar-refractivity contribution in [3.8, 4) is 0 Å². The summed E-state index contributed by atoms with van der Waals surface area (Å²) < 4.78 is 32.1. The number of ether oxygens (including phenoxy) is 1. The van der Waals surface area contributed by atoms with E-state index in [0.29, 0.717) is 4.90 Å². The SMILES string of the molecule is COC(C)CNS(=O)(=O)c1c(C)cc(C)cc1C. The Labute approximate surface area is 109 Å². The predicted octanol–water partition coefficient (Wildman–Crippen LogP) is 1.93. The maximum absolute atomic E-state index is 12.2. The Balaban J connectivity index is 3.06. The van der Waals surface area contributed by atoms with Gasteiger partial charge in [-0.1, -0.05) is 17.7 Å². The minimum absolute atomic E-state index is 0.147. The molecule has 1 atom stereocenters. The second kappa shape index (κ2) is 5.82. The van der Waals surface area contributed by atoms with E-state index in [9.17, 15) is 8.42 Å². The van der Waals surface area contributed by atoms with Crippen LogP contribution in [0.1, 0.15) is 23.6 Å². The summed E-state index contributed by atoms with van der Waals surface area (Å²) in [6, 6.07) is 3.75. The summed E-state index contributed by atoms with van der Waals surface area (Å²) in [5, 5.41) is 0. The summed E-state index contributed by atoms with van der Waals surface area (Å²) in [7, 11) is -1.92. The molecule has 0 heterocycles. The van der Waals surface area contributed by atoms with Crippen LogP contribution in [0.3, 0.4) is 0 Å². The van der Waals surface area contributed by atoms with Gasteiger partial charge in [0.2, 0.25) is 10.0 Å². The first-order valence-corrected chi connectivity index (χ1v) is 7.36. The van der Waals surface area contributed by atoms with Crippen molar-refractivity contribution >= 4 is 10.0 Å². The molecular weight excluding hydrogens is 250 g/mol. The van der Waals surface area contributed by atoms with Crippen LogP contribution < -0.4 is 4.72 Å². The van der Waals surface area contributed by atoms with Crippen LogP contribution in [0.2, 0.25) is 0 Å². The van der Waals surface area contributed by atoms with Crippen LogP contribution in [0.5, 0.6) is 0 Å². The first-order chi connectivity index (χ1) is 8.27. The van der Waals surface area contributed by atoms with E-state index in [1.165, 1.54) is 0 Å². The average molecular weight is 271 g/mol. The lowest BCUT2D eigenvalue weighted by Crippen LogP contribution is -2.32. The number of hydrogen-bond acceptors (Lipinski definition) is 3. The maximum Gasteiger partial charge on any atom is 0.241 e. The first-order valence-electron chi connectivity index (χ1n) is 5.88. The van der Waals surface area contributed by atoms with Crippen LogP contribution in [0.4, 0.5) is 0 Å². The van der Waals surface area contributed by atoms with Crippen molar-refractivity contribution in [2.75, 3.05) is 13.7 Å². The Morgan fingerprint density at radius 1 is 1.22 bits per heavy atom. The summed E-state index contributed by atoms with van der Waals surface area (Å²) in [4.78, 5) is 0.372. The second-order valence-corrected chi connectivity index (χ2v) is 6.33. The molecule has 0 saturated carbocycles.